The Morgan fingerprint density at radius 1 is 1.36 bits per heavy atom. The second-order valence-corrected chi connectivity index (χ2v) is 3.11. The van der Waals surface area contributed by atoms with Crippen LogP contribution in [0.1, 0.15) is 33.1 Å². The van der Waals surface area contributed by atoms with Gasteiger partial charge >= 0.3 is 0 Å². The minimum atomic E-state index is 1.14. The van der Waals surface area contributed by atoms with E-state index in [1.807, 2.05) is 7.05 Å². The quantitative estimate of drug-likeness (QED) is 0.571. The first kappa shape index (κ1) is 8.31. The molecule has 0 aromatic carbocycles. The predicted molar refractivity (Wildman–Crippen MR) is 48.7 cm³/mol. The van der Waals surface area contributed by atoms with Gasteiger partial charge in [0.25, 0.3) is 0 Å². The Balaban J connectivity index is 2.82. The highest BCUT2D eigenvalue weighted by Crippen LogP contribution is 2.24. The molecule has 1 rings (SSSR count). The zero-order valence-electron chi connectivity index (χ0n) is 7.57. The monoisotopic (exact) mass is 152 g/mol. The van der Waals surface area contributed by atoms with Gasteiger partial charge in [0.2, 0.25) is 0 Å². The summed E-state index contributed by atoms with van der Waals surface area (Å²) in [7, 11) is 1.86. The summed E-state index contributed by atoms with van der Waals surface area (Å²) in [5, 5.41) is 4.24. The second-order valence-electron chi connectivity index (χ2n) is 3.11. The summed E-state index contributed by atoms with van der Waals surface area (Å²) in [5.41, 5.74) is 6.98. The van der Waals surface area contributed by atoms with Crippen LogP contribution in [0.3, 0.4) is 0 Å². The van der Waals surface area contributed by atoms with Crippen molar-refractivity contribution in [1.82, 2.24) is 5.43 Å². The van der Waals surface area contributed by atoms with E-state index in [4.69, 9.17) is 0 Å². The molecule has 0 amide bonds. The molecular formula is C9H16N2. The highest BCUT2D eigenvalue weighted by Gasteiger charge is 2.15. The van der Waals surface area contributed by atoms with Crippen LogP contribution >= 0.6 is 0 Å². The molecule has 0 unspecified atom stereocenters. The van der Waals surface area contributed by atoms with Crippen LogP contribution in [0.5, 0.6) is 0 Å². The van der Waals surface area contributed by atoms with Crippen molar-refractivity contribution in [2.75, 3.05) is 7.05 Å². The van der Waals surface area contributed by atoms with Gasteiger partial charge in [0, 0.05) is 7.05 Å². The van der Waals surface area contributed by atoms with Crippen LogP contribution < -0.4 is 5.43 Å². The van der Waals surface area contributed by atoms with Gasteiger partial charge < -0.3 is 5.43 Å². The van der Waals surface area contributed by atoms with Crippen molar-refractivity contribution in [2.45, 2.75) is 33.1 Å². The fourth-order valence-corrected chi connectivity index (χ4v) is 1.52. The molecule has 1 fully saturated rings. The molecule has 1 saturated carbocycles. The Labute approximate surface area is 68.4 Å². The van der Waals surface area contributed by atoms with E-state index >= 15 is 0 Å². The number of hydrazone groups is 1. The molecule has 0 aliphatic heterocycles. The molecule has 0 spiro atoms. The second kappa shape index (κ2) is 3.56. The van der Waals surface area contributed by atoms with Crippen LogP contribution in [0.2, 0.25) is 0 Å². The molecule has 0 saturated heterocycles. The topological polar surface area (TPSA) is 24.4 Å². The summed E-state index contributed by atoms with van der Waals surface area (Å²) >= 11 is 0. The highest BCUT2D eigenvalue weighted by atomic mass is 15.3. The molecule has 0 bridgehead atoms. The smallest absolute Gasteiger partial charge is 0.0634 e. The van der Waals surface area contributed by atoms with Gasteiger partial charge in [-0.15, -0.1) is 0 Å². The molecule has 0 heterocycles. The lowest BCUT2D eigenvalue weighted by Gasteiger charge is -2.01. The lowest BCUT2D eigenvalue weighted by Crippen LogP contribution is -2.03. The summed E-state index contributed by atoms with van der Waals surface area (Å²) in [4.78, 5) is 0. The van der Waals surface area contributed by atoms with Gasteiger partial charge in [-0.3, -0.25) is 0 Å². The van der Waals surface area contributed by atoms with E-state index in [1.165, 1.54) is 29.7 Å². The first-order valence-electron chi connectivity index (χ1n) is 4.15. The van der Waals surface area contributed by atoms with Crippen molar-refractivity contribution in [3.63, 3.8) is 0 Å². The van der Waals surface area contributed by atoms with Crippen molar-refractivity contribution in [3.05, 3.63) is 11.1 Å². The maximum atomic E-state index is 4.24. The largest absolute Gasteiger partial charge is 0.313 e. The average Bonchev–Trinajstić information content (AvgIpc) is 2.36. The fourth-order valence-electron chi connectivity index (χ4n) is 1.52. The molecule has 0 aromatic rings. The van der Waals surface area contributed by atoms with E-state index in [2.05, 4.69) is 24.4 Å². The van der Waals surface area contributed by atoms with Gasteiger partial charge in [0.05, 0.1) is 5.71 Å². The van der Waals surface area contributed by atoms with Crippen molar-refractivity contribution in [1.29, 1.82) is 0 Å². The van der Waals surface area contributed by atoms with Crippen molar-refractivity contribution < 1.29 is 0 Å². The summed E-state index contributed by atoms with van der Waals surface area (Å²) in [5.74, 6) is 0. The van der Waals surface area contributed by atoms with Gasteiger partial charge in [0.1, 0.15) is 0 Å². The van der Waals surface area contributed by atoms with Gasteiger partial charge in [-0.25, -0.2) is 0 Å². The van der Waals surface area contributed by atoms with Crippen LogP contribution in [-0.2, 0) is 0 Å². The Morgan fingerprint density at radius 3 is 2.64 bits per heavy atom. The molecule has 1 aliphatic rings. The molecular weight excluding hydrogens is 136 g/mol. The third-order valence-corrected chi connectivity index (χ3v) is 2.04. The molecule has 2 nitrogen and oxygen atoms in total. The Kier molecular flexibility index (Phi) is 2.69. The number of nitrogens with zero attached hydrogens (tertiary/aromatic N) is 1. The Bertz CT molecular complexity index is 198. The van der Waals surface area contributed by atoms with Crippen LogP contribution in [-0.4, -0.2) is 12.8 Å². The molecule has 0 radical (unpaired) electrons. The maximum absolute atomic E-state index is 4.24. The maximum Gasteiger partial charge on any atom is 0.0634 e. The number of hydrogen-bond donors (Lipinski definition) is 1. The summed E-state index contributed by atoms with van der Waals surface area (Å²) < 4.78 is 0. The summed E-state index contributed by atoms with van der Waals surface area (Å²) in [6.45, 7) is 4.32. The first-order valence-corrected chi connectivity index (χ1v) is 4.15. The first-order chi connectivity index (χ1) is 5.25. The zero-order chi connectivity index (χ0) is 8.27. The number of hydrogen-bond acceptors (Lipinski definition) is 2. The van der Waals surface area contributed by atoms with E-state index in [9.17, 15) is 0 Å². The fraction of sp³-hybridized carbons (Fsp3) is 0.667. The molecule has 0 aromatic heterocycles. The van der Waals surface area contributed by atoms with Crippen molar-refractivity contribution >= 4 is 5.71 Å². The SMILES string of the molecule is CN/N=C1/CCCC1=C(C)C. The minimum absolute atomic E-state index is 1.14. The normalized spacial score (nSPS) is 21.0. The third-order valence-electron chi connectivity index (χ3n) is 2.04. The molecule has 2 heteroatoms. The highest BCUT2D eigenvalue weighted by molar-refractivity contribution is 6.02. The molecule has 0 atom stereocenters. The minimum Gasteiger partial charge on any atom is -0.313 e. The van der Waals surface area contributed by atoms with Gasteiger partial charge in [-0.05, 0) is 38.7 Å². The molecule has 1 aliphatic carbocycles. The van der Waals surface area contributed by atoms with Gasteiger partial charge in [0.15, 0.2) is 0 Å². The van der Waals surface area contributed by atoms with Gasteiger partial charge in [-0.1, -0.05) is 5.57 Å². The zero-order valence-corrected chi connectivity index (χ0v) is 7.57. The van der Waals surface area contributed by atoms with Crippen LogP contribution in [0.25, 0.3) is 0 Å². The van der Waals surface area contributed by atoms with E-state index in [0.717, 1.165) is 6.42 Å². The predicted octanol–water partition coefficient (Wildman–Crippen LogP) is 2.08. The number of allylic oxidation sites excluding steroid dienone is 2. The number of rotatable bonds is 1. The molecule has 1 N–H and O–H groups in total. The average molecular weight is 152 g/mol. The van der Waals surface area contributed by atoms with Gasteiger partial charge in [-0.2, -0.15) is 5.10 Å². The van der Waals surface area contributed by atoms with E-state index < -0.39 is 0 Å². The molecule has 62 valence electrons. The molecule has 11 heavy (non-hydrogen) atoms. The van der Waals surface area contributed by atoms with E-state index in [-0.39, 0.29) is 0 Å². The Hall–Kier alpha value is -0.790. The summed E-state index contributed by atoms with van der Waals surface area (Å²) in [6, 6.07) is 0. The summed E-state index contributed by atoms with van der Waals surface area (Å²) in [6.07, 6.45) is 3.62. The van der Waals surface area contributed by atoms with Crippen LogP contribution in [0, 0.1) is 0 Å². The Morgan fingerprint density at radius 2 is 2.09 bits per heavy atom. The lowest BCUT2D eigenvalue weighted by atomic mass is 10.1. The van der Waals surface area contributed by atoms with Crippen molar-refractivity contribution in [2.24, 2.45) is 5.10 Å². The van der Waals surface area contributed by atoms with Crippen molar-refractivity contribution in [3.8, 4) is 0 Å². The van der Waals surface area contributed by atoms with Crippen LogP contribution in [0.15, 0.2) is 16.2 Å². The van der Waals surface area contributed by atoms with E-state index in [1.54, 1.807) is 0 Å². The standard InChI is InChI=1S/C9H16N2/c1-7(2)8-5-4-6-9(8)11-10-3/h10H,4-6H2,1-3H3/b11-9-. The van der Waals surface area contributed by atoms with Crippen LogP contribution in [0.4, 0.5) is 0 Å². The van der Waals surface area contributed by atoms with E-state index in [0.29, 0.717) is 0 Å². The third kappa shape index (κ3) is 1.82. The number of nitrogens with one attached hydrogen (secondary N) is 1. The lowest BCUT2D eigenvalue weighted by molar-refractivity contribution is 0.889.